The van der Waals surface area contributed by atoms with Gasteiger partial charge in [0.1, 0.15) is 12.2 Å². The molecule has 7 heteroatoms. The third-order valence-electron chi connectivity index (χ3n) is 3.47. The molecule has 0 amide bonds. The van der Waals surface area contributed by atoms with Crippen molar-refractivity contribution in [3.8, 4) is 22.9 Å². The molecule has 0 saturated carbocycles. The van der Waals surface area contributed by atoms with E-state index in [0.717, 1.165) is 11.1 Å². The molecule has 0 fully saturated rings. The number of furan rings is 1. The van der Waals surface area contributed by atoms with E-state index in [2.05, 4.69) is 20.6 Å². The Morgan fingerprint density at radius 1 is 1.09 bits per heavy atom. The highest BCUT2D eigenvalue weighted by molar-refractivity contribution is 5.58. The minimum Gasteiger partial charge on any atom is -0.461 e. The van der Waals surface area contributed by atoms with Crippen molar-refractivity contribution in [2.45, 2.75) is 13.5 Å². The fourth-order valence-corrected chi connectivity index (χ4v) is 2.31. The molecule has 4 rings (SSSR count). The topological polar surface area (TPSA) is 82.8 Å². The average molecular weight is 307 g/mol. The number of hydrogen-bond acceptors (Lipinski definition) is 6. The summed E-state index contributed by atoms with van der Waals surface area (Å²) in [6.45, 7) is 2.40. The Bertz CT molecular complexity index is 924. The minimum atomic E-state index is 0.378. The second-order valence-corrected chi connectivity index (χ2v) is 5.12. The Morgan fingerprint density at radius 2 is 2.00 bits per heavy atom. The molecule has 0 unspecified atom stereocenters. The Labute approximate surface area is 131 Å². The van der Waals surface area contributed by atoms with Crippen molar-refractivity contribution >= 4 is 0 Å². The van der Waals surface area contributed by atoms with Gasteiger partial charge in [-0.15, -0.1) is 10.2 Å². The van der Waals surface area contributed by atoms with Gasteiger partial charge in [0, 0.05) is 11.6 Å². The van der Waals surface area contributed by atoms with E-state index in [-0.39, 0.29) is 0 Å². The zero-order chi connectivity index (χ0) is 15.6. The van der Waals surface area contributed by atoms with Crippen LogP contribution < -0.4 is 0 Å². The molecule has 23 heavy (non-hydrogen) atoms. The van der Waals surface area contributed by atoms with Gasteiger partial charge in [-0.2, -0.15) is 4.80 Å². The van der Waals surface area contributed by atoms with Crippen LogP contribution >= 0.6 is 0 Å². The molecule has 0 radical (unpaired) electrons. The summed E-state index contributed by atoms with van der Waals surface area (Å²) in [4.78, 5) is 1.49. The largest absolute Gasteiger partial charge is 0.461 e. The van der Waals surface area contributed by atoms with Crippen molar-refractivity contribution in [2.75, 3.05) is 0 Å². The van der Waals surface area contributed by atoms with Gasteiger partial charge in [-0.3, -0.25) is 0 Å². The first-order chi connectivity index (χ1) is 11.3. The summed E-state index contributed by atoms with van der Waals surface area (Å²) < 4.78 is 10.5. The summed E-state index contributed by atoms with van der Waals surface area (Å²) in [5, 5.41) is 16.6. The van der Waals surface area contributed by atoms with Gasteiger partial charge in [-0.1, -0.05) is 29.4 Å². The van der Waals surface area contributed by atoms with Gasteiger partial charge in [0.15, 0.2) is 5.76 Å². The zero-order valence-corrected chi connectivity index (χ0v) is 12.4. The highest BCUT2D eigenvalue weighted by Gasteiger charge is 2.12. The van der Waals surface area contributed by atoms with Crippen LogP contribution in [0.3, 0.4) is 0 Å². The van der Waals surface area contributed by atoms with Crippen LogP contribution in [0, 0.1) is 6.92 Å². The standard InChI is InChI=1S/C16H13N5O2/c1-11-5-2-3-6-13(11)16-17-20-21(18-16)10-12-9-15(23-19-12)14-7-4-8-22-14/h2-9H,10H2,1H3. The van der Waals surface area contributed by atoms with Crippen LogP contribution in [0.2, 0.25) is 0 Å². The molecular weight excluding hydrogens is 294 g/mol. The Hall–Kier alpha value is -3.22. The predicted octanol–water partition coefficient (Wildman–Crippen LogP) is 2.94. The molecule has 0 atom stereocenters. The lowest BCUT2D eigenvalue weighted by molar-refractivity contribution is 0.404. The maximum Gasteiger partial charge on any atom is 0.205 e. The number of benzene rings is 1. The van der Waals surface area contributed by atoms with Gasteiger partial charge in [-0.05, 0) is 29.8 Å². The van der Waals surface area contributed by atoms with E-state index in [1.54, 1.807) is 18.4 Å². The third-order valence-corrected chi connectivity index (χ3v) is 3.47. The maximum atomic E-state index is 5.27. The lowest BCUT2D eigenvalue weighted by atomic mass is 10.1. The van der Waals surface area contributed by atoms with Crippen LogP contribution in [0.15, 0.2) is 57.7 Å². The Morgan fingerprint density at radius 3 is 2.83 bits per heavy atom. The number of aryl methyl sites for hydroxylation is 1. The average Bonchev–Trinajstić information content (AvgIpc) is 3.29. The smallest absolute Gasteiger partial charge is 0.205 e. The van der Waals surface area contributed by atoms with E-state index in [9.17, 15) is 0 Å². The van der Waals surface area contributed by atoms with E-state index < -0.39 is 0 Å². The first-order valence-electron chi connectivity index (χ1n) is 7.13. The quantitative estimate of drug-likeness (QED) is 0.576. The van der Waals surface area contributed by atoms with E-state index in [0.29, 0.717) is 29.6 Å². The van der Waals surface area contributed by atoms with Crippen molar-refractivity contribution < 1.29 is 8.94 Å². The summed E-state index contributed by atoms with van der Waals surface area (Å²) in [5.74, 6) is 1.80. The molecule has 0 saturated heterocycles. The zero-order valence-electron chi connectivity index (χ0n) is 12.4. The van der Waals surface area contributed by atoms with E-state index in [1.165, 1.54) is 4.80 Å². The van der Waals surface area contributed by atoms with E-state index in [4.69, 9.17) is 8.94 Å². The minimum absolute atomic E-state index is 0.378. The molecule has 3 heterocycles. The maximum absolute atomic E-state index is 5.27. The summed E-state index contributed by atoms with van der Waals surface area (Å²) in [7, 11) is 0. The van der Waals surface area contributed by atoms with Crippen LogP contribution in [0.4, 0.5) is 0 Å². The van der Waals surface area contributed by atoms with Crippen molar-refractivity contribution in [3.63, 3.8) is 0 Å². The number of rotatable bonds is 4. The SMILES string of the molecule is Cc1ccccc1-c1nnn(Cc2cc(-c3ccco3)on2)n1. The number of nitrogens with zero attached hydrogens (tertiary/aromatic N) is 5. The molecule has 0 bridgehead atoms. The molecule has 0 aliphatic heterocycles. The predicted molar refractivity (Wildman–Crippen MR) is 81.3 cm³/mol. The highest BCUT2D eigenvalue weighted by atomic mass is 16.5. The normalized spacial score (nSPS) is 11.0. The third kappa shape index (κ3) is 2.64. The van der Waals surface area contributed by atoms with Crippen LogP contribution in [-0.2, 0) is 6.54 Å². The van der Waals surface area contributed by atoms with Crippen molar-refractivity contribution in [1.82, 2.24) is 25.4 Å². The fourth-order valence-electron chi connectivity index (χ4n) is 2.31. The molecular formula is C16H13N5O2. The summed E-state index contributed by atoms with van der Waals surface area (Å²) in [6.07, 6.45) is 1.59. The lowest BCUT2D eigenvalue weighted by Crippen LogP contribution is -2.04. The fraction of sp³-hybridized carbons (Fsp3) is 0.125. The lowest BCUT2D eigenvalue weighted by Gasteiger charge is -1.98. The molecule has 1 aromatic carbocycles. The van der Waals surface area contributed by atoms with Crippen LogP contribution in [0.1, 0.15) is 11.3 Å². The van der Waals surface area contributed by atoms with Gasteiger partial charge in [0.2, 0.25) is 11.6 Å². The number of aromatic nitrogens is 5. The molecule has 114 valence electrons. The van der Waals surface area contributed by atoms with Crippen molar-refractivity contribution in [1.29, 1.82) is 0 Å². The van der Waals surface area contributed by atoms with Crippen LogP contribution in [-0.4, -0.2) is 25.4 Å². The highest BCUT2D eigenvalue weighted by Crippen LogP contribution is 2.21. The first-order valence-corrected chi connectivity index (χ1v) is 7.13. The van der Waals surface area contributed by atoms with Gasteiger partial charge in [0.25, 0.3) is 0 Å². The van der Waals surface area contributed by atoms with Gasteiger partial charge >= 0.3 is 0 Å². The van der Waals surface area contributed by atoms with Gasteiger partial charge in [-0.25, -0.2) is 0 Å². The van der Waals surface area contributed by atoms with Crippen molar-refractivity contribution in [3.05, 3.63) is 60.0 Å². The molecule has 4 aromatic rings. The second-order valence-electron chi connectivity index (χ2n) is 5.12. The van der Waals surface area contributed by atoms with Crippen LogP contribution in [0.5, 0.6) is 0 Å². The monoisotopic (exact) mass is 307 g/mol. The molecule has 0 N–H and O–H groups in total. The number of hydrogen-bond donors (Lipinski definition) is 0. The summed E-state index contributed by atoms with van der Waals surface area (Å²) in [5.41, 5.74) is 2.77. The Balaban J connectivity index is 1.55. The summed E-state index contributed by atoms with van der Waals surface area (Å²) in [6, 6.07) is 13.3. The van der Waals surface area contributed by atoms with Crippen LogP contribution in [0.25, 0.3) is 22.9 Å². The number of tetrazole rings is 1. The van der Waals surface area contributed by atoms with Crippen molar-refractivity contribution in [2.24, 2.45) is 0 Å². The second kappa shape index (κ2) is 5.53. The van der Waals surface area contributed by atoms with E-state index in [1.807, 2.05) is 37.3 Å². The van der Waals surface area contributed by atoms with Gasteiger partial charge < -0.3 is 8.94 Å². The molecule has 0 aliphatic carbocycles. The summed E-state index contributed by atoms with van der Waals surface area (Å²) >= 11 is 0. The molecule has 0 spiro atoms. The molecule has 3 aromatic heterocycles. The van der Waals surface area contributed by atoms with E-state index >= 15 is 0 Å². The van der Waals surface area contributed by atoms with Gasteiger partial charge in [0.05, 0.1) is 6.26 Å². The Kier molecular flexibility index (Phi) is 3.23. The molecule has 7 nitrogen and oxygen atoms in total. The first kappa shape index (κ1) is 13.4. The molecule has 0 aliphatic rings.